The molecule has 17 heavy (non-hydrogen) atoms. The first kappa shape index (κ1) is 12.4. The first-order chi connectivity index (χ1) is 8.15. The van der Waals surface area contributed by atoms with Crippen molar-refractivity contribution in [2.24, 2.45) is 0 Å². The number of aromatic hydroxyl groups is 1. The molecule has 1 aliphatic rings. The monoisotopic (exact) mass is 237 g/mol. The standard InChI is InChI=1S/C14H20FNO/c1-16(13-5-3-2-4-6-13)10-11-7-12(15)9-14(17)8-11/h7-9,13,17H,2-6,10H2,1H3. The zero-order valence-corrected chi connectivity index (χ0v) is 10.3. The average molecular weight is 237 g/mol. The van der Waals surface area contributed by atoms with Crippen LogP contribution in [0.4, 0.5) is 4.39 Å². The molecule has 0 atom stereocenters. The summed E-state index contributed by atoms with van der Waals surface area (Å²) in [6.45, 7) is 0.704. The lowest BCUT2D eigenvalue weighted by atomic mass is 9.94. The highest BCUT2D eigenvalue weighted by atomic mass is 19.1. The van der Waals surface area contributed by atoms with Crippen molar-refractivity contribution in [1.82, 2.24) is 4.90 Å². The zero-order chi connectivity index (χ0) is 12.3. The van der Waals surface area contributed by atoms with E-state index < -0.39 is 0 Å². The van der Waals surface area contributed by atoms with E-state index in [1.165, 1.54) is 38.2 Å². The lowest BCUT2D eigenvalue weighted by molar-refractivity contribution is 0.184. The Balaban J connectivity index is 1.99. The Morgan fingerprint density at radius 2 is 1.94 bits per heavy atom. The van der Waals surface area contributed by atoms with Gasteiger partial charge < -0.3 is 5.11 Å². The summed E-state index contributed by atoms with van der Waals surface area (Å²) >= 11 is 0. The van der Waals surface area contributed by atoms with Gasteiger partial charge in [0.1, 0.15) is 11.6 Å². The van der Waals surface area contributed by atoms with Crippen molar-refractivity contribution in [2.75, 3.05) is 7.05 Å². The van der Waals surface area contributed by atoms with Gasteiger partial charge in [-0.3, -0.25) is 4.90 Å². The first-order valence-electron chi connectivity index (χ1n) is 6.34. The van der Waals surface area contributed by atoms with E-state index in [-0.39, 0.29) is 11.6 Å². The predicted molar refractivity (Wildman–Crippen MR) is 66.4 cm³/mol. The molecule has 0 aromatic heterocycles. The van der Waals surface area contributed by atoms with E-state index >= 15 is 0 Å². The fraction of sp³-hybridized carbons (Fsp3) is 0.571. The van der Waals surface area contributed by atoms with Crippen molar-refractivity contribution in [3.63, 3.8) is 0 Å². The molecule has 1 fully saturated rings. The van der Waals surface area contributed by atoms with Crippen LogP contribution in [-0.4, -0.2) is 23.1 Å². The minimum atomic E-state index is -0.364. The maximum absolute atomic E-state index is 13.1. The van der Waals surface area contributed by atoms with Gasteiger partial charge in [-0.2, -0.15) is 0 Å². The highest BCUT2D eigenvalue weighted by molar-refractivity contribution is 5.28. The van der Waals surface area contributed by atoms with Crippen LogP contribution in [-0.2, 0) is 6.54 Å². The topological polar surface area (TPSA) is 23.5 Å². The highest BCUT2D eigenvalue weighted by Crippen LogP contribution is 2.23. The Kier molecular flexibility index (Phi) is 4.00. The maximum Gasteiger partial charge on any atom is 0.127 e. The number of phenols is 1. The fourth-order valence-corrected chi connectivity index (χ4v) is 2.66. The van der Waals surface area contributed by atoms with Crippen LogP contribution in [0.25, 0.3) is 0 Å². The molecule has 0 amide bonds. The molecule has 1 aromatic rings. The van der Waals surface area contributed by atoms with Crippen LogP contribution in [0.5, 0.6) is 5.75 Å². The minimum Gasteiger partial charge on any atom is -0.508 e. The van der Waals surface area contributed by atoms with Crippen LogP contribution in [0.15, 0.2) is 18.2 Å². The van der Waals surface area contributed by atoms with Crippen molar-refractivity contribution in [2.45, 2.75) is 44.7 Å². The van der Waals surface area contributed by atoms with Crippen LogP contribution < -0.4 is 0 Å². The van der Waals surface area contributed by atoms with E-state index in [1.807, 2.05) is 0 Å². The molecule has 3 heteroatoms. The first-order valence-corrected chi connectivity index (χ1v) is 6.34. The molecule has 1 saturated carbocycles. The molecule has 0 aliphatic heterocycles. The van der Waals surface area contributed by atoms with Gasteiger partial charge in [0, 0.05) is 18.7 Å². The number of hydrogen-bond donors (Lipinski definition) is 1. The van der Waals surface area contributed by atoms with E-state index in [1.54, 1.807) is 6.07 Å². The molecular weight excluding hydrogens is 217 g/mol. The number of phenolic OH excluding ortho intramolecular Hbond substituents is 1. The van der Waals surface area contributed by atoms with Crippen molar-refractivity contribution in [1.29, 1.82) is 0 Å². The normalized spacial score (nSPS) is 17.6. The zero-order valence-electron chi connectivity index (χ0n) is 10.3. The second-order valence-electron chi connectivity index (χ2n) is 5.02. The summed E-state index contributed by atoms with van der Waals surface area (Å²) in [5.74, 6) is -0.353. The number of nitrogens with zero attached hydrogens (tertiary/aromatic N) is 1. The predicted octanol–water partition coefficient (Wildman–Crippen LogP) is 3.30. The largest absolute Gasteiger partial charge is 0.508 e. The van der Waals surface area contributed by atoms with Crippen LogP contribution >= 0.6 is 0 Å². The lowest BCUT2D eigenvalue weighted by Gasteiger charge is -2.31. The van der Waals surface area contributed by atoms with Gasteiger partial charge in [0.05, 0.1) is 0 Å². The smallest absolute Gasteiger partial charge is 0.127 e. The average Bonchev–Trinajstić information content (AvgIpc) is 2.28. The molecule has 0 spiro atoms. The van der Waals surface area contributed by atoms with Gasteiger partial charge in [-0.15, -0.1) is 0 Å². The second-order valence-corrected chi connectivity index (χ2v) is 5.02. The molecule has 0 radical (unpaired) electrons. The Morgan fingerprint density at radius 1 is 1.24 bits per heavy atom. The summed E-state index contributed by atoms with van der Waals surface area (Å²) in [6.07, 6.45) is 6.40. The number of halogens is 1. The van der Waals surface area contributed by atoms with Gasteiger partial charge in [0.2, 0.25) is 0 Å². The van der Waals surface area contributed by atoms with Crippen molar-refractivity contribution < 1.29 is 9.50 Å². The van der Waals surface area contributed by atoms with E-state index in [9.17, 15) is 9.50 Å². The summed E-state index contributed by atoms with van der Waals surface area (Å²) in [5.41, 5.74) is 0.843. The Hall–Kier alpha value is -1.09. The third-order valence-corrected chi connectivity index (χ3v) is 3.57. The van der Waals surface area contributed by atoms with Crippen LogP contribution in [0.2, 0.25) is 0 Å². The quantitative estimate of drug-likeness (QED) is 0.872. The summed E-state index contributed by atoms with van der Waals surface area (Å²) in [7, 11) is 2.08. The number of benzene rings is 1. The lowest BCUT2D eigenvalue weighted by Crippen LogP contribution is -2.32. The van der Waals surface area contributed by atoms with Crippen molar-refractivity contribution in [3.8, 4) is 5.75 Å². The highest BCUT2D eigenvalue weighted by Gasteiger charge is 2.18. The van der Waals surface area contributed by atoms with Gasteiger partial charge in [-0.05, 0) is 37.6 Å². The number of rotatable bonds is 3. The van der Waals surface area contributed by atoms with Crippen LogP contribution in [0.1, 0.15) is 37.7 Å². The SMILES string of the molecule is CN(Cc1cc(O)cc(F)c1)C1CCCCC1. The molecule has 0 heterocycles. The van der Waals surface area contributed by atoms with Crippen molar-refractivity contribution in [3.05, 3.63) is 29.6 Å². The fourth-order valence-electron chi connectivity index (χ4n) is 2.66. The molecular formula is C14H20FNO. The van der Waals surface area contributed by atoms with Gasteiger partial charge in [0.25, 0.3) is 0 Å². The molecule has 0 saturated heterocycles. The Morgan fingerprint density at radius 3 is 2.59 bits per heavy atom. The second kappa shape index (κ2) is 5.50. The molecule has 94 valence electrons. The van der Waals surface area contributed by atoms with E-state index in [0.717, 1.165) is 11.6 Å². The third kappa shape index (κ3) is 3.43. The van der Waals surface area contributed by atoms with E-state index in [4.69, 9.17) is 0 Å². The Labute approximate surface area is 102 Å². The molecule has 0 unspecified atom stereocenters. The van der Waals surface area contributed by atoms with Crippen LogP contribution in [0.3, 0.4) is 0 Å². The van der Waals surface area contributed by atoms with Crippen molar-refractivity contribution >= 4 is 0 Å². The summed E-state index contributed by atoms with van der Waals surface area (Å²) < 4.78 is 13.1. The minimum absolute atomic E-state index is 0.0112. The Bertz CT molecular complexity index is 354. The summed E-state index contributed by atoms with van der Waals surface area (Å²) in [5, 5.41) is 9.36. The number of hydrogen-bond acceptors (Lipinski definition) is 2. The molecule has 1 aliphatic carbocycles. The molecule has 0 bridgehead atoms. The third-order valence-electron chi connectivity index (χ3n) is 3.57. The molecule has 2 nitrogen and oxygen atoms in total. The van der Waals surface area contributed by atoms with Gasteiger partial charge in [0.15, 0.2) is 0 Å². The van der Waals surface area contributed by atoms with Crippen LogP contribution in [0, 0.1) is 5.82 Å². The van der Waals surface area contributed by atoms with Gasteiger partial charge >= 0.3 is 0 Å². The summed E-state index contributed by atoms with van der Waals surface area (Å²) in [6, 6.07) is 4.89. The van der Waals surface area contributed by atoms with E-state index in [2.05, 4.69) is 11.9 Å². The van der Waals surface area contributed by atoms with E-state index in [0.29, 0.717) is 12.6 Å². The van der Waals surface area contributed by atoms with Gasteiger partial charge in [-0.1, -0.05) is 19.3 Å². The molecule has 1 aromatic carbocycles. The molecule has 1 N–H and O–H groups in total. The molecule has 2 rings (SSSR count). The van der Waals surface area contributed by atoms with Gasteiger partial charge in [-0.25, -0.2) is 4.39 Å². The summed E-state index contributed by atoms with van der Waals surface area (Å²) in [4.78, 5) is 2.27. The maximum atomic E-state index is 13.1.